The number of hydrogen-bond donors (Lipinski definition) is 2. The molecule has 2 N–H and O–H groups in total. The number of para-hydroxylation sites is 1. The fraction of sp³-hybridized carbons (Fsp3) is 0.619. The van der Waals surface area contributed by atoms with Gasteiger partial charge in [-0.1, -0.05) is 18.2 Å². The monoisotopic (exact) mass is 449 g/mol. The molecule has 2 aliphatic heterocycles. The quantitative estimate of drug-likeness (QED) is 0.658. The number of ether oxygens (including phenoxy) is 1. The van der Waals surface area contributed by atoms with Crippen LogP contribution in [-0.4, -0.2) is 91.5 Å². The van der Waals surface area contributed by atoms with Crippen molar-refractivity contribution in [1.82, 2.24) is 24.7 Å². The standard InChI is InChI=1S/C21H31N5O4S/c1-31(28,29)25-11-6-16(7-12-25)26(17-8-14-30-15-9-17)13-10-22-21(27)20-18-4-2-3-5-19(18)23-24-20/h2-5,16-17H,6-15H2,1H3,(H,22,27)(H,23,24). The van der Waals surface area contributed by atoms with E-state index in [1.165, 1.54) is 6.26 Å². The number of amides is 1. The minimum atomic E-state index is -3.14. The topological polar surface area (TPSA) is 108 Å². The van der Waals surface area contributed by atoms with Gasteiger partial charge in [0.2, 0.25) is 10.0 Å². The van der Waals surface area contributed by atoms with E-state index in [1.54, 1.807) is 4.31 Å². The Morgan fingerprint density at radius 1 is 1.19 bits per heavy atom. The summed E-state index contributed by atoms with van der Waals surface area (Å²) in [7, 11) is -3.14. The van der Waals surface area contributed by atoms with E-state index in [-0.39, 0.29) is 5.91 Å². The fourth-order valence-electron chi connectivity index (χ4n) is 4.70. The molecular weight excluding hydrogens is 418 g/mol. The summed E-state index contributed by atoms with van der Waals surface area (Å²) in [5.41, 5.74) is 1.25. The van der Waals surface area contributed by atoms with E-state index in [9.17, 15) is 13.2 Å². The number of aromatic amines is 1. The zero-order valence-electron chi connectivity index (χ0n) is 17.9. The Hall–Kier alpha value is -2.01. The van der Waals surface area contributed by atoms with Crippen LogP contribution in [0.25, 0.3) is 10.9 Å². The molecule has 0 saturated carbocycles. The van der Waals surface area contributed by atoms with Gasteiger partial charge in [0.15, 0.2) is 5.69 Å². The summed E-state index contributed by atoms with van der Waals surface area (Å²) in [6, 6.07) is 8.29. The summed E-state index contributed by atoms with van der Waals surface area (Å²) < 4.78 is 30.8. The van der Waals surface area contributed by atoms with Gasteiger partial charge in [-0.15, -0.1) is 0 Å². The first-order valence-corrected chi connectivity index (χ1v) is 12.8. The number of aromatic nitrogens is 2. The van der Waals surface area contributed by atoms with Crippen LogP contribution in [0, 0.1) is 0 Å². The number of hydrogen-bond acceptors (Lipinski definition) is 6. The smallest absolute Gasteiger partial charge is 0.272 e. The van der Waals surface area contributed by atoms with Gasteiger partial charge in [0.25, 0.3) is 5.91 Å². The molecule has 0 bridgehead atoms. The second-order valence-electron chi connectivity index (χ2n) is 8.35. The van der Waals surface area contributed by atoms with Crippen LogP contribution in [0.3, 0.4) is 0 Å². The minimum absolute atomic E-state index is 0.184. The molecule has 1 aromatic heterocycles. The number of nitrogens with one attached hydrogen (secondary N) is 2. The maximum atomic E-state index is 12.7. The van der Waals surface area contributed by atoms with Gasteiger partial charge in [0.05, 0.1) is 11.8 Å². The van der Waals surface area contributed by atoms with Crippen LogP contribution in [0.2, 0.25) is 0 Å². The van der Waals surface area contributed by atoms with Gasteiger partial charge in [-0.2, -0.15) is 5.10 Å². The van der Waals surface area contributed by atoms with Crippen molar-refractivity contribution in [1.29, 1.82) is 0 Å². The third kappa shape index (κ3) is 5.25. The van der Waals surface area contributed by atoms with E-state index < -0.39 is 10.0 Å². The summed E-state index contributed by atoms with van der Waals surface area (Å²) in [5, 5.41) is 10.9. The number of nitrogens with zero attached hydrogens (tertiary/aromatic N) is 3. The first kappa shape index (κ1) is 22.2. The molecule has 1 aromatic carbocycles. The molecule has 9 nitrogen and oxygen atoms in total. The number of benzene rings is 1. The molecule has 3 heterocycles. The van der Waals surface area contributed by atoms with Gasteiger partial charge in [0, 0.05) is 56.9 Å². The number of piperidine rings is 1. The predicted molar refractivity (Wildman–Crippen MR) is 118 cm³/mol. The van der Waals surface area contributed by atoms with Crippen LogP contribution >= 0.6 is 0 Å². The van der Waals surface area contributed by atoms with Crippen LogP contribution in [-0.2, 0) is 14.8 Å². The lowest BCUT2D eigenvalue weighted by atomic mass is 9.98. The van der Waals surface area contributed by atoms with E-state index in [2.05, 4.69) is 20.4 Å². The Kier molecular flexibility index (Phi) is 6.90. The highest BCUT2D eigenvalue weighted by Gasteiger charge is 2.32. The fourth-order valence-corrected chi connectivity index (χ4v) is 5.58. The van der Waals surface area contributed by atoms with E-state index in [0.717, 1.165) is 56.3 Å². The van der Waals surface area contributed by atoms with E-state index in [4.69, 9.17) is 4.74 Å². The number of sulfonamides is 1. The summed E-state index contributed by atoms with van der Waals surface area (Å²) >= 11 is 0. The molecule has 0 atom stereocenters. The Bertz CT molecular complexity index is 994. The first-order chi connectivity index (χ1) is 14.9. The third-order valence-corrected chi connectivity index (χ3v) is 7.67. The summed E-state index contributed by atoms with van der Waals surface area (Å²) in [6.07, 6.45) is 4.82. The van der Waals surface area contributed by atoms with Gasteiger partial charge in [-0.3, -0.25) is 14.8 Å². The lowest BCUT2D eigenvalue weighted by molar-refractivity contribution is 0.00747. The zero-order valence-corrected chi connectivity index (χ0v) is 18.7. The van der Waals surface area contributed by atoms with Crippen LogP contribution in [0.15, 0.2) is 24.3 Å². The Labute approximate surface area is 183 Å². The lowest BCUT2D eigenvalue weighted by Gasteiger charge is -2.43. The number of carbonyl (C=O) groups is 1. The van der Waals surface area contributed by atoms with Gasteiger partial charge < -0.3 is 10.1 Å². The van der Waals surface area contributed by atoms with Gasteiger partial charge >= 0.3 is 0 Å². The molecule has 0 unspecified atom stereocenters. The summed E-state index contributed by atoms with van der Waals surface area (Å²) in [5.74, 6) is -0.184. The van der Waals surface area contributed by atoms with Crippen molar-refractivity contribution < 1.29 is 17.9 Å². The molecule has 4 rings (SSSR count). The minimum Gasteiger partial charge on any atom is -0.381 e. The lowest BCUT2D eigenvalue weighted by Crippen LogP contribution is -2.53. The summed E-state index contributed by atoms with van der Waals surface area (Å²) in [4.78, 5) is 15.2. The SMILES string of the molecule is CS(=O)(=O)N1CCC(N(CCNC(=O)c2n[nH]c3ccccc23)C2CCOCC2)CC1. The molecule has 0 radical (unpaired) electrons. The normalized spacial score (nSPS) is 19.8. The number of carbonyl (C=O) groups excluding carboxylic acids is 1. The van der Waals surface area contributed by atoms with Crippen molar-refractivity contribution in [2.24, 2.45) is 0 Å². The highest BCUT2D eigenvalue weighted by molar-refractivity contribution is 7.88. The largest absolute Gasteiger partial charge is 0.381 e. The predicted octanol–water partition coefficient (Wildman–Crippen LogP) is 1.20. The molecule has 2 aliphatic rings. The van der Waals surface area contributed by atoms with Gasteiger partial charge in [-0.05, 0) is 31.7 Å². The molecule has 31 heavy (non-hydrogen) atoms. The van der Waals surface area contributed by atoms with Crippen LogP contribution in [0.1, 0.15) is 36.2 Å². The molecule has 2 fully saturated rings. The van der Waals surface area contributed by atoms with Crippen molar-refractivity contribution in [2.75, 3.05) is 45.6 Å². The van der Waals surface area contributed by atoms with E-state index in [1.807, 2.05) is 24.3 Å². The molecule has 0 aliphatic carbocycles. The average Bonchev–Trinajstić information content (AvgIpc) is 3.21. The Morgan fingerprint density at radius 2 is 1.87 bits per heavy atom. The summed E-state index contributed by atoms with van der Waals surface area (Å²) in [6.45, 7) is 3.83. The van der Waals surface area contributed by atoms with Crippen molar-refractivity contribution in [3.63, 3.8) is 0 Å². The van der Waals surface area contributed by atoms with Crippen molar-refractivity contribution >= 4 is 26.8 Å². The molecular formula is C21H31N5O4S. The van der Waals surface area contributed by atoms with E-state index >= 15 is 0 Å². The maximum absolute atomic E-state index is 12.7. The number of fused-ring (bicyclic) bond motifs is 1. The second-order valence-corrected chi connectivity index (χ2v) is 10.3. The Balaban J connectivity index is 1.38. The van der Waals surface area contributed by atoms with Gasteiger partial charge in [0.1, 0.15) is 0 Å². The van der Waals surface area contributed by atoms with Crippen LogP contribution in [0.5, 0.6) is 0 Å². The molecule has 170 valence electrons. The average molecular weight is 450 g/mol. The second kappa shape index (κ2) is 9.64. The number of H-pyrrole nitrogens is 1. The molecule has 2 saturated heterocycles. The third-order valence-electron chi connectivity index (χ3n) is 6.36. The van der Waals surface area contributed by atoms with Crippen LogP contribution < -0.4 is 5.32 Å². The maximum Gasteiger partial charge on any atom is 0.272 e. The van der Waals surface area contributed by atoms with Gasteiger partial charge in [-0.25, -0.2) is 12.7 Å². The molecule has 10 heteroatoms. The highest BCUT2D eigenvalue weighted by atomic mass is 32.2. The molecule has 1 amide bonds. The first-order valence-electron chi connectivity index (χ1n) is 10.9. The van der Waals surface area contributed by atoms with Crippen molar-refractivity contribution in [2.45, 2.75) is 37.8 Å². The number of rotatable bonds is 7. The van der Waals surface area contributed by atoms with E-state index in [0.29, 0.717) is 37.4 Å². The van der Waals surface area contributed by atoms with Crippen molar-refractivity contribution in [3.05, 3.63) is 30.0 Å². The highest BCUT2D eigenvalue weighted by Crippen LogP contribution is 2.24. The molecule has 0 spiro atoms. The zero-order chi connectivity index (χ0) is 21.8. The van der Waals surface area contributed by atoms with Crippen LogP contribution in [0.4, 0.5) is 0 Å². The van der Waals surface area contributed by atoms with Crippen molar-refractivity contribution in [3.8, 4) is 0 Å². The molecule has 2 aromatic rings. The Morgan fingerprint density at radius 3 is 2.58 bits per heavy atom.